The Morgan fingerprint density at radius 2 is 2.22 bits per heavy atom. The van der Waals surface area contributed by atoms with Crippen molar-refractivity contribution in [2.75, 3.05) is 13.1 Å². The summed E-state index contributed by atoms with van der Waals surface area (Å²) in [6, 6.07) is 0.356. The normalized spacial score (nSPS) is 39.0. The minimum Gasteiger partial charge on any atom is -0.328 e. The van der Waals surface area contributed by atoms with Crippen LogP contribution in [0.15, 0.2) is 0 Å². The first kappa shape index (κ1) is 7.03. The predicted molar refractivity (Wildman–Crippen MR) is 39.2 cm³/mol. The third-order valence-electron chi connectivity index (χ3n) is 2.25. The van der Waals surface area contributed by atoms with Crippen molar-refractivity contribution in [1.82, 2.24) is 5.32 Å². The van der Waals surface area contributed by atoms with Crippen molar-refractivity contribution in [3.8, 4) is 0 Å². The average Bonchev–Trinajstić information content (AvgIpc) is 2.13. The number of nitrogens with one attached hydrogen (secondary N) is 1. The maximum atomic E-state index is 5.75. The maximum absolute atomic E-state index is 5.75. The van der Waals surface area contributed by atoms with Gasteiger partial charge in [-0.3, -0.25) is 0 Å². The van der Waals surface area contributed by atoms with Crippen LogP contribution in [0.25, 0.3) is 0 Å². The van der Waals surface area contributed by atoms with Gasteiger partial charge in [-0.05, 0) is 31.8 Å². The first-order chi connectivity index (χ1) is 4.22. The molecule has 1 fully saturated rings. The quantitative estimate of drug-likeness (QED) is 0.529. The molecule has 0 aromatic rings. The molecule has 0 aliphatic carbocycles. The summed E-state index contributed by atoms with van der Waals surface area (Å²) >= 11 is 0. The zero-order chi connectivity index (χ0) is 6.85. The molecule has 0 radical (unpaired) electrons. The predicted octanol–water partition coefficient (Wildman–Crippen LogP) is 0.189. The summed E-state index contributed by atoms with van der Waals surface area (Å²) in [5.74, 6) is 1.47. The molecule has 0 spiro atoms. The molecule has 3 N–H and O–H groups in total. The van der Waals surface area contributed by atoms with Gasteiger partial charge in [0, 0.05) is 6.04 Å². The lowest BCUT2D eigenvalue weighted by Gasteiger charge is -2.17. The molecule has 9 heavy (non-hydrogen) atoms. The molecule has 0 saturated carbocycles. The molecule has 54 valence electrons. The van der Waals surface area contributed by atoms with Crippen LogP contribution < -0.4 is 11.1 Å². The van der Waals surface area contributed by atoms with Gasteiger partial charge < -0.3 is 11.1 Å². The van der Waals surface area contributed by atoms with Crippen LogP contribution in [0, 0.1) is 11.8 Å². The van der Waals surface area contributed by atoms with E-state index in [-0.39, 0.29) is 0 Å². The van der Waals surface area contributed by atoms with Crippen molar-refractivity contribution in [1.29, 1.82) is 0 Å². The van der Waals surface area contributed by atoms with Crippen LogP contribution in [0.3, 0.4) is 0 Å². The zero-order valence-electron chi connectivity index (χ0n) is 6.22. The van der Waals surface area contributed by atoms with Gasteiger partial charge >= 0.3 is 0 Å². The smallest absolute Gasteiger partial charge is 0.00539 e. The first-order valence-corrected chi connectivity index (χ1v) is 3.68. The lowest BCUT2D eigenvalue weighted by molar-refractivity contribution is 0.389. The highest BCUT2D eigenvalue weighted by molar-refractivity contribution is 4.82. The van der Waals surface area contributed by atoms with Crippen molar-refractivity contribution in [3.63, 3.8) is 0 Å². The Labute approximate surface area is 56.8 Å². The van der Waals surface area contributed by atoms with E-state index >= 15 is 0 Å². The molecule has 0 amide bonds. The third kappa shape index (κ3) is 1.43. The molecule has 1 aliphatic heterocycles. The lowest BCUT2D eigenvalue weighted by atomic mass is 9.92. The van der Waals surface area contributed by atoms with Crippen molar-refractivity contribution in [2.45, 2.75) is 19.9 Å². The fourth-order valence-corrected chi connectivity index (χ4v) is 1.53. The maximum Gasteiger partial charge on any atom is 0.00539 e. The Balaban J connectivity index is 2.40. The van der Waals surface area contributed by atoms with Crippen LogP contribution in [0.1, 0.15) is 13.8 Å². The summed E-state index contributed by atoms with van der Waals surface area (Å²) in [4.78, 5) is 0. The van der Waals surface area contributed by atoms with Crippen LogP contribution >= 0.6 is 0 Å². The second-order valence-electron chi connectivity index (χ2n) is 3.16. The number of nitrogens with two attached hydrogens (primary N) is 1. The van der Waals surface area contributed by atoms with Crippen LogP contribution in [0.2, 0.25) is 0 Å². The Kier molecular flexibility index (Phi) is 2.09. The molecule has 3 unspecified atom stereocenters. The van der Waals surface area contributed by atoms with E-state index in [0.29, 0.717) is 12.0 Å². The van der Waals surface area contributed by atoms with Gasteiger partial charge in [0.15, 0.2) is 0 Å². The van der Waals surface area contributed by atoms with Gasteiger partial charge in [0.1, 0.15) is 0 Å². The number of rotatable bonds is 1. The Morgan fingerprint density at radius 3 is 2.44 bits per heavy atom. The highest BCUT2D eigenvalue weighted by Gasteiger charge is 2.25. The zero-order valence-corrected chi connectivity index (χ0v) is 6.22. The summed E-state index contributed by atoms with van der Waals surface area (Å²) < 4.78 is 0. The van der Waals surface area contributed by atoms with Gasteiger partial charge in [-0.1, -0.05) is 6.92 Å². The molecule has 0 aromatic heterocycles. The van der Waals surface area contributed by atoms with E-state index < -0.39 is 0 Å². The van der Waals surface area contributed by atoms with Gasteiger partial charge in [0.05, 0.1) is 0 Å². The second-order valence-corrected chi connectivity index (χ2v) is 3.16. The van der Waals surface area contributed by atoms with E-state index in [0.717, 1.165) is 19.0 Å². The lowest BCUT2D eigenvalue weighted by Crippen LogP contribution is -2.31. The van der Waals surface area contributed by atoms with E-state index in [2.05, 4.69) is 19.2 Å². The number of hydrogen-bond donors (Lipinski definition) is 2. The monoisotopic (exact) mass is 128 g/mol. The third-order valence-corrected chi connectivity index (χ3v) is 2.25. The topological polar surface area (TPSA) is 38.0 Å². The standard InChI is InChI=1S/C7H16N2/c1-5-3-9-4-7(5)6(2)8/h5-7,9H,3-4,8H2,1-2H3. The highest BCUT2D eigenvalue weighted by atomic mass is 14.9. The average molecular weight is 128 g/mol. The fraction of sp³-hybridized carbons (Fsp3) is 1.00. The van der Waals surface area contributed by atoms with Gasteiger partial charge in [0.2, 0.25) is 0 Å². The molecule has 1 rings (SSSR count). The summed E-state index contributed by atoms with van der Waals surface area (Å²) in [7, 11) is 0. The molecule has 2 heteroatoms. The summed E-state index contributed by atoms with van der Waals surface area (Å²) in [6.07, 6.45) is 0. The van der Waals surface area contributed by atoms with Gasteiger partial charge in [-0.2, -0.15) is 0 Å². The minimum atomic E-state index is 0.356. The van der Waals surface area contributed by atoms with E-state index in [4.69, 9.17) is 5.73 Å². The van der Waals surface area contributed by atoms with Crippen molar-refractivity contribution in [3.05, 3.63) is 0 Å². The fourth-order valence-electron chi connectivity index (χ4n) is 1.53. The van der Waals surface area contributed by atoms with Crippen LogP contribution in [-0.2, 0) is 0 Å². The SMILES string of the molecule is CC(N)C1CNCC1C. The Hall–Kier alpha value is -0.0800. The first-order valence-electron chi connectivity index (χ1n) is 3.68. The van der Waals surface area contributed by atoms with Crippen LogP contribution in [0.5, 0.6) is 0 Å². The summed E-state index contributed by atoms with van der Waals surface area (Å²) in [5.41, 5.74) is 5.75. The minimum absolute atomic E-state index is 0.356. The van der Waals surface area contributed by atoms with Crippen LogP contribution in [-0.4, -0.2) is 19.1 Å². The Morgan fingerprint density at radius 1 is 1.56 bits per heavy atom. The molecule has 1 saturated heterocycles. The van der Waals surface area contributed by atoms with Crippen molar-refractivity contribution in [2.24, 2.45) is 17.6 Å². The number of hydrogen-bond acceptors (Lipinski definition) is 2. The van der Waals surface area contributed by atoms with Crippen molar-refractivity contribution >= 4 is 0 Å². The molecular weight excluding hydrogens is 112 g/mol. The van der Waals surface area contributed by atoms with E-state index in [9.17, 15) is 0 Å². The van der Waals surface area contributed by atoms with Gasteiger partial charge in [-0.25, -0.2) is 0 Å². The van der Waals surface area contributed by atoms with Crippen LogP contribution in [0.4, 0.5) is 0 Å². The molecule has 1 heterocycles. The molecule has 0 bridgehead atoms. The second kappa shape index (κ2) is 2.67. The Bertz CT molecular complexity index is 90.9. The highest BCUT2D eigenvalue weighted by Crippen LogP contribution is 2.17. The summed E-state index contributed by atoms with van der Waals surface area (Å²) in [5, 5.41) is 3.32. The van der Waals surface area contributed by atoms with E-state index in [1.54, 1.807) is 0 Å². The molecule has 1 aliphatic rings. The molecular formula is C7H16N2. The summed E-state index contributed by atoms with van der Waals surface area (Å²) in [6.45, 7) is 6.60. The van der Waals surface area contributed by atoms with Crippen molar-refractivity contribution < 1.29 is 0 Å². The van der Waals surface area contributed by atoms with E-state index in [1.807, 2.05) is 0 Å². The van der Waals surface area contributed by atoms with Gasteiger partial charge in [-0.15, -0.1) is 0 Å². The largest absolute Gasteiger partial charge is 0.328 e. The van der Waals surface area contributed by atoms with Gasteiger partial charge in [0.25, 0.3) is 0 Å². The molecule has 0 aromatic carbocycles. The molecule has 2 nitrogen and oxygen atoms in total. The van der Waals surface area contributed by atoms with E-state index in [1.165, 1.54) is 0 Å². The molecule has 3 atom stereocenters.